The summed E-state index contributed by atoms with van der Waals surface area (Å²) in [7, 11) is 0. The average Bonchev–Trinajstić information content (AvgIpc) is 2.81. The number of hydrogen-bond acceptors (Lipinski definition) is 7. The summed E-state index contributed by atoms with van der Waals surface area (Å²) in [6.07, 6.45) is 1.20. The van der Waals surface area contributed by atoms with Crippen LogP contribution in [0.25, 0.3) is 6.08 Å². The third-order valence-electron chi connectivity index (χ3n) is 3.19. The van der Waals surface area contributed by atoms with Gasteiger partial charge in [-0.25, -0.2) is 0 Å². The topological polar surface area (TPSA) is 78.9 Å². The number of carboxylic acid groups (broad SMARTS) is 1. The highest BCUT2D eigenvalue weighted by atomic mass is 32.2. The molecule has 0 unspecified atom stereocenters. The van der Waals surface area contributed by atoms with Gasteiger partial charge in [0.05, 0.1) is 11.5 Å². The predicted octanol–water partition coefficient (Wildman–Crippen LogP) is 2.03. The quantitative estimate of drug-likeness (QED) is 0.486. The second-order valence-electron chi connectivity index (χ2n) is 4.97. The van der Waals surface area contributed by atoms with Gasteiger partial charge in [0, 0.05) is 18.9 Å². The normalized spacial score (nSPS) is 15.8. The zero-order valence-electron chi connectivity index (χ0n) is 13.6. The summed E-state index contributed by atoms with van der Waals surface area (Å²) in [5.74, 6) is -1.69. The number of rotatable bonds is 8. The molecule has 0 atom stereocenters. The van der Waals surface area contributed by atoms with Gasteiger partial charge in [-0.3, -0.25) is 9.69 Å². The van der Waals surface area contributed by atoms with E-state index in [1.165, 1.54) is 29.2 Å². The van der Waals surface area contributed by atoms with Gasteiger partial charge in [0.25, 0.3) is 5.91 Å². The molecule has 140 valence electrons. The minimum atomic E-state index is -2.99. The number of carboxylic acids is 1. The van der Waals surface area contributed by atoms with Crippen LogP contribution in [0.1, 0.15) is 18.9 Å². The van der Waals surface area contributed by atoms with Gasteiger partial charge in [0.2, 0.25) is 0 Å². The van der Waals surface area contributed by atoms with Crippen LogP contribution < -0.4 is 14.6 Å². The Kier molecular flexibility index (Phi) is 6.92. The SMILES string of the molecule is CCOc1cc(/C=C2\SC(=S)N(CCC(=O)[O-])C2=O)ccc1OC(F)F. The maximum absolute atomic E-state index is 12.4. The number of alkyl halides is 2. The number of thioether (sulfide) groups is 1. The average molecular weight is 402 g/mol. The number of carbonyl (C=O) groups excluding carboxylic acids is 2. The lowest BCUT2D eigenvalue weighted by Gasteiger charge is -2.14. The van der Waals surface area contributed by atoms with E-state index in [0.29, 0.717) is 10.5 Å². The van der Waals surface area contributed by atoms with Crippen LogP contribution in [0.15, 0.2) is 23.1 Å². The Balaban J connectivity index is 2.23. The van der Waals surface area contributed by atoms with Crippen molar-refractivity contribution in [2.45, 2.75) is 20.0 Å². The van der Waals surface area contributed by atoms with Crippen molar-refractivity contribution in [3.05, 3.63) is 28.7 Å². The Hall–Kier alpha value is -2.20. The van der Waals surface area contributed by atoms with E-state index in [-0.39, 0.29) is 35.4 Å². The number of aliphatic carboxylic acids is 1. The molecule has 1 fully saturated rings. The van der Waals surface area contributed by atoms with Crippen LogP contribution in [0.4, 0.5) is 8.78 Å². The third-order valence-corrected chi connectivity index (χ3v) is 4.57. The molecule has 1 heterocycles. The Bertz CT molecular complexity index is 754. The molecule has 0 bridgehead atoms. The van der Waals surface area contributed by atoms with Crippen molar-refractivity contribution in [3.8, 4) is 11.5 Å². The van der Waals surface area contributed by atoms with Crippen molar-refractivity contribution in [2.75, 3.05) is 13.2 Å². The third kappa shape index (κ3) is 5.15. The van der Waals surface area contributed by atoms with Crippen LogP contribution >= 0.6 is 24.0 Å². The van der Waals surface area contributed by atoms with Crippen LogP contribution in [-0.4, -0.2) is 40.9 Å². The molecule has 6 nitrogen and oxygen atoms in total. The van der Waals surface area contributed by atoms with Crippen LogP contribution in [0.5, 0.6) is 11.5 Å². The highest BCUT2D eigenvalue weighted by Crippen LogP contribution is 2.35. The minimum absolute atomic E-state index is 0.0737. The van der Waals surface area contributed by atoms with Gasteiger partial charge in [0.1, 0.15) is 4.32 Å². The van der Waals surface area contributed by atoms with Crippen LogP contribution in [0.2, 0.25) is 0 Å². The monoisotopic (exact) mass is 402 g/mol. The van der Waals surface area contributed by atoms with E-state index < -0.39 is 18.5 Å². The number of hydrogen-bond donors (Lipinski definition) is 0. The fourth-order valence-corrected chi connectivity index (χ4v) is 3.43. The molecule has 26 heavy (non-hydrogen) atoms. The van der Waals surface area contributed by atoms with Crippen molar-refractivity contribution in [1.82, 2.24) is 4.90 Å². The smallest absolute Gasteiger partial charge is 0.387 e. The maximum atomic E-state index is 12.4. The first-order valence-electron chi connectivity index (χ1n) is 7.48. The molecule has 0 aromatic heterocycles. The van der Waals surface area contributed by atoms with Crippen molar-refractivity contribution >= 4 is 46.3 Å². The lowest BCUT2D eigenvalue weighted by molar-refractivity contribution is -0.305. The van der Waals surface area contributed by atoms with E-state index in [0.717, 1.165) is 11.8 Å². The first-order valence-corrected chi connectivity index (χ1v) is 8.71. The Morgan fingerprint density at radius 1 is 1.42 bits per heavy atom. The van der Waals surface area contributed by atoms with Gasteiger partial charge in [-0.05, 0) is 30.7 Å². The summed E-state index contributed by atoms with van der Waals surface area (Å²) in [5.41, 5.74) is 0.524. The number of halogens is 2. The summed E-state index contributed by atoms with van der Waals surface area (Å²) in [6, 6.07) is 4.28. The number of amides is 1. The zero-order chi connectivity index (χ0) is 19.3. The molecule has 0 spiro atoms. The molecule has 1 saturated heterocycles. The number of ether oxygens (including phenoxy) is 2. The van der Waals surface area contributed by atoms with Gasteiger partial charge in [-0.15, -0.1) is 0 Å². The predicted molar refractivity (Wildman–Crippen MR) is 93.7 cm³/mol. The molecule has 0 saturated carbocycles. The molecule has 0 radical (unpaired) electrons. The lowest BCUT2D eigenvalue weighted by atomic mass is 10.2. The molecular weight excluding hydrogens is 388 g/mol. The minimum Gasteiger partial charge on any atom is -0.550 e. The molecule has 10 heteroatoms. The molecule has 0 N–H and O–H groups in total. The molecule has 1 amide bonds. The first kappa shape index (κ1) is 20.1. The molecule has 2 rings (SSSR count). The van der Waals surface area contributed by atoms with Crippen LogP contribution in [0.3, 0.4) is 0 Å². The van der Waals surface area contributed by atoms with E-state index in [2.05, 4.69) is 4.74 Å². The highest BCUT2D eigenvalue weighted by molar-refractivity contribution is 8.26. The number of benzene rings is 1. The molecular formula is C16H14F2NO5S2-. The second kappa shape index (κ2) is 8.95. The van der Waals surface area contributed by atoms with Crippen molar-refractivity contribution < 1.29 is 33.0 Å². The lowest BCUT2D eigenvalue weighted by Crippen LogP contribution is -2.33. The summed E-state index contributed by atoms with van der Waals surface area (Å²) < 4.78 is 34.8. The van der Waals surface area contributed by atoms with E-state index in [4.69, 9.17) is 17.0 Å². The van der Waals surface area contributed by atoms with Gasteiger partial charge in [0.15, 0.2) is 11.5 Å². The molecule has 1 aromatic carbocycles. The number of carbonyl (C=O) groups is 2. The van der Waals surface area contributed by atoms with Crippen molar-refractivity contribution in [1.29, 1.82) is 0 Å². The standard InChI is InChI=1S/C16H15F2NO5S2/c1-2-23-11-7-9(3-4-10(11)24-15(17)18)8-12-14(22)19(16(25)26-12)6-5-13(20)21/h3-4,7-8,15H,2,5-6H2,1H3,(H,20,21)/p-1/b12-8-. The second-order valence-corrected chi connectivity index (χ2v) is 6.65. The van der Waals surface area contributed by atoms with Crippen molar-refractivity contribution in [3.63, 3.8) is 0 Å². The van der Waals surface area contributed by atoms with E-state index in [1.807, 2.05) is 0 Å². The Morgan fingerprint density at radius 2 is 2.15 bits per heavy atom. The Labute approximate surface area is 157 Å². The molecule has 0 aliphatic carbocycles. The van der Waals surface area contributed by atoms with E-state index in [1.54, 1.807) is 6.92 Å². The molecule has 1 aliphatic heterocycles. The zero-order valence-corrected chi connectivity index (χ0v) is 15.2. The van der Waals surface area contributed by atoms with Gasteiger partial charge < -0.3 is 19.4 Å². The van der Waals surface area contributed by atoms with Crippen LogP contribution in [0, 0.1) is 0 Å². The molecule has 1 aliphatic rings. The summed E-state index contributed by atoms with van der Waals surface area (Å²) in [4.78, 5) is 24.4. The van der Waals surface area contributed by atoms with Crippen LogP contribution in [-0.2, 0) is 9.59 Å². The Morgan fingerprint density at radius 3 is 2.77 bits per heavy atom. The summed E-state index contributed by atoms with van der Waals surface area (Å²) in [5, 5.41) is 10.6. The van der Waals surface area contributed by atoms with Gasteiger partial charge >= 0.3 is 6.61 Å². The number of thiocarbonyl (C=S) groups is 1. The number of nitrogens with zero attached hydrogens (tertiary/aromatic N) is 1. The fraction of sp³-hybridized carbons (Fsp3) is 0.312. The molecule has 1 aromatic rings. The first-order chi connectivity index (χ1) is 12.3. The highest BCUT2D eigenvalue weighted by Gasteiger charge is 2.31. The summed E-state index contributed by atoms with van der Waals surface area (Å²) in [6.45, 7) is -1.12. The fourth-order valence-electron chi connectivity index (χ4n) is 2.12. The van der Waals surface area contributed by atoms with Gasteiger partial charge in [-0.1, -0.05) is 30.0 Å². The maximum Gasteiger partial charge on any atom is 0.387 e. The largest absolute Gasteiger partial charge is 0.550 e. The van der Waals surface area contributed by atoms with Gasteiger partial charge in [-0.2, -0.15) is 8.78 Å². The van der Waals surface area contributed by atoms with E-state index in [9.17, 15) is 23.5 Å². The van der Waals surface area contributed by atoms with E-state index >= 15 is 0 Å². The van der Waals surface area contributed by atoms with Crippen molar-refractivity contribution in [2.24, 2.45) is 0 Å². The summed E-state index contributed by atoms with van der Waals surface area (Å²) >= 11 is 6.11.